The van der Waals surface area contributed by atoms with Crippen LogP contribution in [0.2, 0.25) is 0 Å². The highest BCUT2D eigenvalue weighted by molar-refractivity contribution is 5.91. The van der Waals surface area contributed by atoms with E-state index in [-0.39, 0.29) is 11.8 Å². The van der Waals surface area contributed by atoms with Gasteiger partial charge in [-0.1, -0.05) is 18.0 Å². The van der Waals surface area contributed by atoms with Crippen molar-refractivity contribution in [3.8, 4) is 0 Å². The Balaban J connectivity index is 1.26. The van der Waals surface area contributed by atoms with Crippen LogP contribution >= 0.6 is 0 Å². The molecule has 0 N–H and O–H groups in total. The summed E-state index contributed by atoms with van der Waals surface area (Å²) in [6.45, 7) is 2.78. The molecule has 4 rings (SSSR count). The zero-order valence-electron chi connectivity index (χ0n) is 15.6. The molecule has 3 heterocycles. The molecule has 0 spiro atoms. The molecule has 7 heteroatoms. The first-order valence-electron chi connectivity index (χ1n) is 10.0. The van der Waals surface area contributed by atoms with E-state index in [4.69, 9.17) is 13.7 Å². The molecule has 0 aromatic carbocycles. The van der Waals surface area contributed by atoms with E-state index < -0.39 is 0 Å². The van der Waals surface area contributed by atoms with Gasteiger partial charge in [0.1, 0.15) is 0 Å². The Kier molecular flexibility index (Phi) is 5.87. The third kappa shape index (κ3) is 4.58. The molecular formula is C20H27N3O4. The quantitative estimate of drug-likeness (QED) is 0.692. The van der Waals surface area contributed by atoms with Gasteiger partial charge >= 0.3 is 0 Å². The van der Waals surface area contributed by atoms with Crippen LogP contribution in [-0.4, -0.2) is 47.3 Å². The van der Waals surface area contributed by atoms with Crippen LogP contribution in [0, 0.1) is 5.92 Å². The first-order chi connectivity index (χ1) is 13.3. The summed E-state index contributed by atoms with van der Waals surface area (Å²) in [7, 11) is 0. The number of carbonyl (C=O) groups excluding carboxylic acids is 1. The summed E-state index contributed by atoms with van der Waals surface area (Å²) in [5.41, 5.74) is 0. The highest BCUT2D eigenvalue weighted by atomic mass is 16.5. The van der Waals surface area contributed by atoms with E-state index in [1.54, 1.807) is 12.1 Å². The molecule has 7 nitrogen and oxygen atoms in total. The maximum Gasteiger partial charge on any atom is 0.289 e. The van der Waals surface area contributed by atoms with Crippen LogP contribution in [-0.2, 0) is 11.2 Å². The molecule has 1 unspecified atom stereocenters. The van der Waals surface area contributed by atoms with Gasteiger partial charge < -0.3 is 18.6 Å². The normalized spacial score (nSPS) is 21.0. The average molecular weight is 373 g/mol. The number of hydrogen-bond acceptors (Lipinski definition) is 6. The summed E-state index contributed by atoms with van der Waals surface area (Å²) < 4.78 is 16.5. The van der Waals surface area contributed by atoms with Crippen LogP contribution in [0.25, 0.3) is 0 Å². The molecule has 2 fully saturated rings. The maximum absolute atomic E-state index is 12.5. The Bertz CT molecular complexity index is 721. The van der Waals surface area contributed by atoms with Gasteiger partial charge in [-0.05, 0) is 43.7 Å². The van der Waals surface area contributed by atoms with Crippen LogP contribution < -0.4 is 0 Å². The third-order valence-electron chi connectivity index (χ3n) is 5.57. The largest absolute Gasteiger partial charge is 0.459 e. The molecular weight excluding hydrogens is 346 g/mol. The first-order valence-corrected chi connectivity index (χ1v) is 10.0. The number of ether oxygens (including phenoxy) is 1. The van der Waals surface area contributed by atoms with Gasteiger partial charge in [-0.25, -0.2) is 0 Å². The second-order valence-corrected chi connectivity index (χ2v) is 7.59. The Morgan fingerprint density at radius 2 is 2.15 bits per heavy atom. The number of rotatable bonds is 7. The molecule has 27 heavy (non-hydrogen) atoms. The minimum absolute atomic E-state index is 0.0789. The smallest absolute Gasteiger partial charge is 0.289 e. The van der Waals surface area contributed by atoms with E-state index in [1.807, 2.05) is 4.90 Å². The standard InChI is InChI=1S/C20H27N3O4/c24-20(17-8-4-11-26-17)23-10-3-7-16(13-23)19-21-18(22-27-19)9-12-25-14-15-5-1-2-6-15/h4,8,11,15-16H,1-3,5-7,9-10,12-14H2. The fourth-order valence-electron chi connectivity index (χ4n) is 4.04. The van der Waals surface area contributed by atoms with Crippen molar-refractivity contribution in [1.29, 1.82) is 0 Å². The van der Waals surface area contributed by atoms with Gasteiger partial charge in [0.2, 0.25) is 5.89 Å². The van der Waals surface area contributed by atoms with Gasteiger partial charge in [0.15, 0.2) is 11.6 Å². The minimum Gasteiger partial charge on any atom is -0.459 e. The zero-order chi connectivity index (χ0) is 18.5. The van der Waals surface area contributed by atoms with E-state index in [9.17, 15) is 4.79 Å². The average Bonchev–Trinajstić information content (AvgIpc) is 3.47. The van der Waals surface area contributed by atoms with Gasteiger partial charge in [-0.15, -0.1) is 0 Å². The second-order valence-electron chi connectivity index (χ2n) is 7.59. The van der Waals surface area contributed by atoms with Crippen LogP contribution in [0.3, 0.4) is 0 Å². The predicted molar refractivity (Wildman–Crippen MR) is 97.4 cm³/mol. The number of likely N-dealkylation sites (tertiary alicyclic amines) is 1. The van der Waals surface area contributed by atoms with Gasteiger partial charge in [0, 0.05) is 26.1 Å². The summed E-state index contributed by atoms with van der Waals surface area (Å²) >= 11 is 0. The highest BCUT2D eigenvalue weighted by Gasteiger charge is 2.30. The maximum atomic E-state index is 12.5. The predicted octanol–water partition coefficient (Wildman–Crippen LogP) is 3.43. The van der Waals surface area contributed by atoms with Crippen molar-refractivity contribution in [3.05, 3.63) is 35.9 Å². The van der Waals surface area contributed by atoms with Gasteiger partial charge in [-0.3, -0.25) is 4.79 Å². The van der Waals surface area contributed by atoms with Gasteiger partial charge in [0.05, 0.1) is 18.8 Å². The van der Waals surface area contributed by atoms with E-state index in [1.165, 1.54) is 31.9 Å². The monoisotopic (exact) mass is 373 g/mol. The lowest BCUT2D eigenvalue weighted by Crippen LogP contribution is -2.39. The lowest BCUT2D eigenvalue weighted by molar-refractivity contribution is 0.0663. The van der Waals surface area contributed by atoms with Crippen molar-refractivity contribution >= 4 is 5.91 Å². The second kappa shape index (κ2) is 8.69. The molecule has 0 radical (unpaired) electrons. The zero-order valence-corrected chi connectivity index (χ0v) is 15.6. The number of nitrogens with zero attached hydrogens (tertiary/aromatic N) is 3. The lowest BCUT2D eigenvalue weighted by Gasteiger charge is -2.30. The molecule has 1 saturated carbocycles. The van der Waals surface area contributed by atoms with Crippen molar-refractivity contribution in [2.24, 2.45) is 5.92 Å². The van der Waals surface area contributed by atoms with Gasteiger partial charge in [0.25, 0.3) is 5.91 Å². The van der Waals surface area contributed by atoms with E-state index in [2.05, 4.69) is 10.1 Å². The Morgan fingerprint density at radius 1 is 1.26 bits per heavy atom. The number of hydrogen-bond donors (Lipinski definition) is 0. The first kappa shape index (κ1) is 18.2. The molecule has 2 aliphatic rings. The molecule has 2 aromatic heterocycles. The summed E-state index contributed by atoms with van der Waals surface area (Å²) in [5.74, 6) is 2.42. The SMILES string of the molecule is O=C(c1ccco1)N1CCCC(c2nc(CCOCC3CCCC3)no2)C1. The fraction of sp³-hybridized carbons (Fsp3) is 0.650. The number of piperidine rings is 1. The molecule has 146 valence electrons. The van der Waals surface area contributed by atoms with Crippen molar-refractivity contribution in [3.63, 3.8) is 0 Å². The number of aromatic nitrogens is 2. The molecule has 1 aliphatic carbocycles. The molecule has 2 aromatic rings. The molecule has 0 bridgehead atoms. The number of furan rings is 1. The topological polar surface area (TPSA) is 81.6 Å². The summed E-state index contributed by atoms with van der Waals surface area (Å²) in [5, 5.41) is 4.09. The Hall–Kier alpha value is -2.15. The third-order valence-corrected chi connectivity index (χ3v) is 5.57. The molecule has 1 atom stereocenters. The van der Waals surface area contributed by atoms with E-state index in [0.29, 0.717) is 37.0 Å². The van der Waals surface area contributed by atoms with Crippen molar-refractivity contribution in [1.82, 2.24) is 15.0 Å². The van der Waals surface area contributed by atoms with Crippen molar-refractivity contribution in [2.75, 3.05) is 26.3 Å². The van der Waals surface area contributed by atoms with Crippen molar-refractivity contribution < 1.29 is 18.5 Å². The summed E-state index contributed by atoms with van der Waals surface area (Å²) in [6.07, 6.45) is 9.31. The summed E-state index contributed by atoms with van der Waals surface area (Å²) in [6, 6.07) is 3.43. The van der Waals surface area contributed by atoms with Gasteiger partial charge in [-0.2, -0.15) is 4.98 Å². The van der Waals surface area contributed by atoms with Crippen LogP contribution in [0.4, 0.5) is 0 Å². The Labute approximate surface area is 159 Å². The number of carbonyl (C=O) groups is 1. The molecule has 1 saturated heterocycles. The highest BCUT2D eigenvalue weighted by Crippen LogP contribution is 2.27. The van der Waals surface area contributed by atoms with Crippen LogP contribution in [0.5, 0.6) is 0 Å². The van der Waals surface area contributed by atoms with E-state index >= 15 is 0 Å². The fourth-order valence-corrected chi connectivity index (χ4v) is 4.04. The minimum atomic E-state index is -0.0789. The van der Waals surface area contributed by atoms with Crippen molar-refractivity contribution in [2.45, 2.75) is 50.9 Å². The lowest BCUT2D eigenvalue weighted by atomic mass is 9.98. The van der Waals surface area contributed by atoms with Crippen LogP contribution in [0.1, 0.15) is 66.7 Å². The molecule has 1 aliphatic heterocycles. The summed E-state index contributed by atoms with van der Waals surface area (Å²) in [4.78, 5) is 18.8. The van der Waals surface area contributed by atoms with E-state index in [0.717, 1.165) is 31.9 Å². The Morgan fingerprint density at radius 3 is 2.96 bits per heavy atom. The number of amides is 1. The van der Waals surface area contributed by atoms with Crippen LogP contribution in [0.15, 0.2) is 27.3 Å². The molecule has 1 amide bonds.